The molecule has 0 aliphatic heterocycles. The van der Waals surface area contributed by atoms with Crippen LogP contribution in [-0.2, 0) is 13.0 Å². The van der Waals surface area contributed by atoms with Gasteiger partial charge in [0.25, 0.3) is 0 Å². The Morgan fingerprint density at radius 2 is 1.85 bits per heavy atom. The lowest BCUT2D eigenvalue weighted by Gasteiger charge is -2.21. The number of hydrogen-bond acceptors (Lipinski definition) is 7. The van der Waals surface area contributed by atoms with Gasteiger partial charge >= 0.3 is 0 Å². The van der Waals surface area contributed by atoms with Gasteiger partial charge in [-0.05, 0) is 78.5 Å². The van der Waals surface area contributed by atoms with E-state index in [9.17, 15) is 4.39 Å². The van der Waals surface area contributed by atoms with Gasteiger partial charge in [0.15, 0.2) is 11.5 Å². The van der Waals surface area contributed by atoms with E-state index in [0.717, 1.165) is 23.1 Å². The average molecular weight is 549 g/mol. The Morgan fingerprint density at radius 3 is 2.68 bits per heavy atom. The summed E-state index contributed by atoms with van der Waals surface area (Å²) in [4.78, 5) is 21.5. The van der Waals surface area contributed by atoms with E-state index in [2.05, 4.69) is 31.3 Å². The van der Waals surface area contributed by atoms with Crippen LogP contribution in [0.15, 0.2) is 61.1 Å². The van der Waals surface area contributed by atoms with Crippen molar-refractivity contribution in [2.45, 2.75) is 45.1 Å². The number of halogens is 1. The van der Waals surface area contributed by atoms with Gasteiger partial charge in [0, 0.05) is 36.3 Å². The molecule has 1 aromatic carbocycles. The van der Waals surface area contributed by atoms with Gasteiger partial charge in [-0.15, -0.1) is 0 Å². The predicted octanol–water partition coefficient (Wildman–Crippen LogP) is 6.06. The molecule has 9 heteroatoms. The standard InChI is InChI=1S/C32H33FN8/c1-36-16-21-12-22(15-24(33)14-21)25-9-10-38-32-29(25)40-31(41-32)28(35)30-26(34)7-8-27(39-30)23-13-20(17-37-18-23)11-19-5-3-2-4-6-19/h7-10,12-15,17-19,35-36H,2-6,11,16,34H2,1H3,(H,38,40,41). The predicted molar refractivity (Wildman–Crippen MR) is 160 cm³/mol. The number of aromatic amines is 1. The van der Waals surface area contributed by atoms with E-state index < -0.39 is 0 Å². The lowest BCUT2D eigenvalue weighted by atomic mass is 9.85. The first-order valence-corrected chi connectivity index (χ1v) is 14.1. The summed E-state index contributed by atoms with van der Waals surface area (Å²) in [5.41, 5.74) is 13.2. The summed E-state index contributed by atoms with van der Waals surface area (Å²) >= 11 is 0. The number of nitrogens with zero attached hydrogens (tertiary/aromatic N) is 4. The highest BCUT2D eigenvalue weighted by atomic mass is 19.1. The van der Waals surface area contributed by atoms with Gasteiger partial charge in [-0.25, -0.2) is 19.3 Å². The Hall–Kier alpha value is -4.50. The normalized spacial score (nSPS) is 14.0. The van der Waals surface area contributed by atoms with Crippen molar-refractivity contribution in [1.29, 1.82) is 5.41 Å². The molecule has 208 valence electrons. The number of nitrogen functional groups attached to an aromatic ring is 1. The third-order valence-electron chi connectivity index (χ3n) is 7.78. The molecule has 5 N–H and O–H groups in total. The summed E-state index contributed by atoms with van der Waals surface area (Å²) in [6.07, 6.45) is 12.9. The number of rotatable bonds is 8. The molecule has 0 radical (unpaired) electrons. The number of pyridine rings is 3. The Labute approximate surface area is 238 Å². The second-order valence-corrected chi connectivity index (χ2v) is 10.8. The molecule has 0 spiro atoms. The lowest BCUT2D eigenvalue weighted by Crippen LogP contribution is -2.11. The molecule has 0 bridgehead atoms. The van der Waals surface area contributed by atoms with Crippen molar-refractivity contribution in [2.24, 2.45) is 5.92 Å². The van der Waals surface area contributed by atoms with E-state index in [1.54, 1.807) is 18.5 Å². The molecule has 1 fully saturated rings. The maximum Gasteiger partial charge on any atom is 0.178 e. The van der Waals surface area contributed by atoms with Crippen LogP contribution in [0.4, 0.5) is 10.1 Å². The van der Waals surface area contributed by atoms with E-state index in [4.69, 9.17) is 16.1 Å². The van der Waals surface area contributed by atoms with Gasteiger partial charge in [-0.2, -0.15) is 0 Å². The van der Waals surface area contributed by atoms with Crippen molar-refractivity contribution in [3.63, 3.8) is 0 Å². The van der Waals surface area contributed by atoms with Gasteiger partial charge in [0.1, 0.15) is 17.2 Å². The van der Waals surface area contributed by atoms with Crippen LogP contribution in [0.1, 0.15) is 54.7 Å². The number of nitrogens with two attached hydrogens (primary N) is 1. The first-order chi connectivity index (χ1) is 20.0. The SMILES string of the molecule is CNCc1cc(F)cc(-c2ccnc3nc(C(=N)c4nc(-c5cncc(CC6CCCCC6)c5)ccc4N)[nH]c23)c1. The summed E-state index contributed by atoms with van der Waals surface area (Å²) in [5, 5.41) is 12.0. The second-order valence-electron chi connectivity index (χ2n) is 10.8. The fraction of sp³-hybridized carbons (Fsp3) is 0.281. The fourth-order valence-electron chi connectivity index (χ4n) is 5.79. The van der Waals surface area contributed by atoms with Crippen molar-refractivity contribution in [1.82, 2.24) is 30.2 Å². The molecule has 1 aliphatic carbocycles. The second kappa shape index (κ2) is 11.5. The topological polar surface area (TPSA) is 129 Å². The molecular weight excluding hydrogens is 515 g/mol. The summed E-state index contributed by atoms with van der Waals surface area (Å²) < 4.78 is 14.4. The molecule has 1 aliphatic rings. The van der Waals surface area contributed by atoms with Crippen molar-refractivity contribution >= 4 is 22.6 Å². The van der Waals surface area contributed by atoms with Crippen molar-refractivity contribution < 1.29 is 4.39 Å². The van der Waals surface area contributed by atoms with Gasteiger partial charge in [-0.3, -0.25) is 10.4 Å². The minimum atomic E-state index is -0.323. The van der Waals surface area contributed by atoms with E-state index in [0.29, 0.717) is 46.3 Å². The minimum Gasteiger partial charge on any atom is -0.397 e. The molecule has 5 aromatic rings. The Morgan fingerprint density at radius 1 is 1.02 bits per heavy atom. The van der Waals surface area contributed by atoms with Crippen LogP contribution >= 0.6 is 0 Å². The van der Waals surface area contributed by atoms with Crippen LogP contribution < -0.4 is 11.1 Å². The minimum absolute atomic E-state index is 0.0507. The molecule has 4 heterocycles. The highest BCUT2D eigenvalue weighted by molar-refractivity contribution is 6.12. The molecule has 0 atom stereocenters. The quantitative estimate of drug-likeness (QED) is 0.174. The average Bonchev–Trinajstić information content (AvgIpc) is 3.42. The van der Waals surface area contributed by atoms with Crippen LogP contribution in [0.3, 0.4) is 0 Å². The Bertz CT molecular complexity index is 1720. The molecule has 0 saturated heterocycles. The highest BCUT2D eigenvalue weighted by Crippen LogP contribution is 2.30. The molecule has 0 unspecified atom stereocenters. The van der Waals surface area contributed by atoms with Crippen molar-refractivity contribution in [2.75, 3.05) is 12.8 Å². The summed E-state index contributed by atoms with van der Waals surface area (Å²) in [6, 6.07) is 12.5. The molecule has 6 rings (SSSR count). The van der Waals surface area contributed by atoms with E-state index in [-0.39, 0.29) is 17.4 Å². The number of aromatic nitrogens is 5. The summed E-state index contributed by atoms with van der Waals surface area (Å²) in [5.74, 6) is 0.668. The van der Waals surface area contributed by atoms with E-state index in [1.165, 1.54) is 49.8 Å². The number of imidazole rings is 1. The first-order valence-electron chi connectivity index (χ1n) is 14.1. The van der Waals surface area contributed by atoms with Crippen LogP contribution in [0, 0.1) is 17.1 Å². The zero-order valence-electron chi connectivity index (χ0n) is 23.0. The molecule has 41 heavy (non-hydrogen) atoms. The maximum atomic E-state index is 14.4. The Kier molecular flexibility index (Phi) is 7.52. The summed E-state index contributed by atoms with van der Waals surface area (Å²) in [6.45, 7) is 0.540. The number of hydrogen-bond donors (Lipinski definition) is 4. The first kappa shape index (κ1) is 26.7. The third-order valence-corrected chi connectivity index (χ3v) is 7.78. The molecule has 8 nitrogen and oxygen atoms in total. The van der Waals surface area contributed by atoms with Crippen molar-refractivity contribution in [3.8, 4) is 22.4 Å². The van der Waals surface area contributed by atoms with Gasteiger partial charge in [-0.1, -0.05) is 32.1 Å². The van der Waals surface area contributed by atoms with Crippen LogP contribution in [0.2, 0.25) is 0 Å². The third kappa shape index (κ3) is 5.71. The molecule has 4 aromatic heterocycles. The van der Waals surface area contributed by atoms with Gasteiger partial charge in [0.2, 0.25) is 0 Å². The van der Waals surface area contributed by atoms with Crippen LogP contribution in [-0.4, -0.2) is 37.7 Å². The van der Waals surface area contributed by atoms with Crippen LogP contribution in [0.5, 0.6) is 0 Å². The van der Waals surface area contributed by atoms with Crippen LogP contribution in [0.25, 0.3) is 33.5 Å². The summed E-state index contributed by atoms with van der Waals surface area (Å²) in [7, 11) is 1.82. The van der Waals surface area contributed by atoms with E-state index >= 15 is 0 Å². The monoisotopic (exact) mass is 548 g/mol. The van der Waals surface area contributed by atoms with Gasteiger partial charge in [0.05, 0.1) is 16.9 Å². The maximum absolute atomic E-state index is 14.4. The number of anilines is 1. The zero-order chi connectivity index (χ0) is 28.3. The lowest BCUT2D eigenvalue weighted by molar-refractivity contribution is 0.356. The molecule has 0 amide bonds. The zero-order valence-corrected chi connectivity index (χ0v) is 23.0. The number of fused-ring (bicyclic) bond motifs is 1. The largest absolute Gasteiger partial charge is 0.397 e. The smallest absolute Gasteiger partial charge is 0.178 e. The van der Waals surface area contributed by atoms with Crippen molar-refractivity contribution in [3.05, 3.63) is 89.5 Å². The number of nitrogens with one attached hydrogen (secondary N) is 3. The van der Waals surface area contributed by atoms with E-state index in [1.807, 2.05) is 31.4 Å². The molecule has 1 saturated carbocycles. The van der Waals surface area contributed by atoms with Gasteiger partial charge < -0.3 is 16.0 Å². The Balaban J connectivity index is 1.32. The molecular formula is C32H33FN8. The number of H-pyrrole nitrogens is 1. The fourth-order valence-corrected chi connectivity index (χ4v) is 5.79. The number of benzene rings is 1. The highest BCUT2D eigenvalue weighted by Gasteiger charge is 2.19.